The van der Waals surface area contributed by atoms with E-state index in [4.69, 9.17) is 21.1 Å². The average molecular weight is 482 g/mol. The SMILES string of the molecule is COc1ccc(OC)c(C2C(=C(O)c3ccc(Cl)cc3)C(=O)C(=O)N2CCCn2ccnc2)c1. The van der Waals surface area contributed by atoms with E-state index < -0.39 is 17.7 Å². The van der Waals surface area contributed by atoms with Crippen LogP contribution in [0.15, 0.2) is 66.8 Å². The maximum Gasteiger partial charge on any atom is 0.295 e. The number of halogens is 1. The van der Waals surface area contributed by atoms with Crippen molar-refractivity contribution in [2.75, 3.05) is 20.8 Å². The van der Waals surface area contributed by atoms with E-state index in [1.807, 2.05) is 10.8 Å². The Morgan fingerprint density at radius 3 is 2.50 bits per heavy atom. The molecule has 1 saturated heterocycles. The molecule has 0 bridgehead atoms. The molecule has 1 unspecified atom stereocenters. The Labute approximate surface area is 202 Å². The van der Waals surface area contributed by atoms with Gasteiger partial charge in [0.05, 0.1) is 32.2 Å². The molecular formula is C25H24ClN3O5. The van der Waals surface area contributed by atoms with E-state index in [1.54, 1.807) is 55.0 Å². The number of carbonyl (C=O) groups is 2. The van der Waals surface area contributed by atoms with Crippen molar-refractivity contribution < 1.29 is 24.2 Å². The quantitative estimate of drug-likeness (QED) is 0.296. The summed E-state index contributed by atoms with van der Waals surface area (Å²) in [6.07, 6.45) is 5.78. The van der Waals surface area contributed by atoms with Crippen molar-refractivity contribution in [2.45, 2.75) is 19.0 Å². The molecule has 0 spiro atoms. The largest absolute Gasteiger partial charge is 0.507 e. The van der Waals surface area contributed by atoms with Crippen LogP contribution in [0.1, 0.15) is 23.6 Å². The summed E-state index contributed by atoms with van der Waals surface area (Å²) in [5.74, 6) is -0.719. The molecule has 176 valence electrons. The number of likely N-dealkylation sites (tertiary alicyclic amines) is 1. The van der Waals surface area contributed by atoms with E-state index in [-0.39, 0.29) is 17.9 Å². The first-order valence-electron chi connectivity index (χ1n) is 10.7. The number of methoxy groups -OCH3 is 2. The number of aryl methyl sites for hydroxylation is 1. The molecule has 1 aliphatic rings. The summed E-state index contributed by atoms with van der Waals surface area (Å²) in [5.41, 5.74) is 0.911. The van der Waals surface area contributed by atoms with Gasteiger partial charge in [-0.15, -0.1) is 0 Å². The normalized spacial score (nSPS) is 17.3. The number of rotatable bonds is 8. The first-order chi connectivity index (χ1) is 16.4. The zero-order valence-electron chi connectivity index (χ0n) is 18.8. The Bertz CT molecular complexity index is 1220. The summed E-state index contributed by atoms with van der Waals surface area (Å²) >= 11 is 5.98. The van der Waals surface area contributed by atoms with Crippen LogP contribution in [-0.2, 0) is 16.1 Å². The van der Waals surface area contributed by atoms with Crippen molar-refractivity contribution in [2.24, 2.45) is 0 Å². The number of imidazole rings is 1. The summed E-state index contributed by atoms with van der Waals surface area (Å²) in [7, 11) is 3.04. The van der Waals surface area contributed by atoms with E-state index >= 15 is 0 Å². The third-order valence-corrected chi connectivity index (χ3v) is 6.02. The van der Waals surface area contributed by atoms with Gasteiger partial charge in [0.15, 0.2) is 0 Å². The predicted octanol–water partition coefficient (Wildman–Crippen LogP) is 4.07. The summed E-state index contributed by atoms with van der Waals surface area (Å²) in [6.45, 7) is 0.896. The molecule has 4 rings (SSSR count). The number of Topliss-reactive ketones (excluding diaryl/α,β-unsaturated/α-hetero) is 1. The molecule has 8 nitrogen and oxygen atoms in total. The molecular weight excluding hydrogens is 458 g/mol. The number of hydrogen-bond acceptors (Lipinski definition) is 6. The van der Waals surface area contributed by atoms with Crippen LogP contribution in [0.3, 0.4) is 0 Å². The summed E-state index contributed by atoms with van der Waals surface area (Å²) in [5, 5.41) is 11.7. The first kappa shape index (κ1) is 23.4. The lowest BCUT2D eigenvalue weighted by Crippen LogP contribution is -2.31. The van der Waals surface area contributed by atoms with Gasteiger partial charge < -0.3 is 24.0 Å². The molecule has 2 aromatic carbocycles. The highest BCUT2D eigenvalue weighted by molar-refractivity contribution is 6.46. The van der Waals surface area contributed by atoms with Gasteiger partial charge >= 0.3 is 0 Å². The van der Waals surface area contributed by atoms with Crippen molar-refractivity contribution in [3.63, 3.8) is 0 Å². The molecule has 2 heterocycles. The molecule has 1 aliphatic heterocycles. The molecule has 1 atom stereocenters. The van der Waals surface area contributed by atoms with Crippen molar-refractivity contribution in [3.8, 4) is 11.5 Å². The third-order valence-electron chi connectivity index (χ3n) is 5.76. The van der Waals surface area contributed by atoms with Gasteiger partial charge in [-0.3, -0.25) is 9.59 Å². The van der Waals surface area contributed by atoms with Gasteiger partial charge in [0.1, 0.15) is 17.3 Å². The molecule has 1 aromatic heterocycles. The molecule has 34 heavy (non-hydrogen) atoms. The molecule has 1 fully saturated rings. The predicted molar refractivity (Wildman–Crippen MR) is 127 cm³/mol. The highest BCUT2D eigenvalue weighted by Gasteiger charge is 2.47. The number of aliphatic hydroxyl groups excluding tert-OH is 1. The molecule has 9 heteroatoms. The Kier molecular flexibility index (Phi) is 6.88. The number of aromatic nitrogens is 2. The first-order valence-corrected chi connectivity index (χ1v) is 11.0. The number of ether oxygens (including phenoxy) is 2. The number of carbonyl (C=O) groups excluding carboxylic acids is 2. The topological polar surface area (TPSA) is 93.9 Å². The second-order valence-electron chi connectivity index (χ2n) is 7.76. The second-order valence-corrected chi connectivity index (χ2v) is 8.20. The minimum absolute atomic E-state index is 0.0125. The van der Waals surface area contributed by atoms with E-state index in [9.17, 15) is 14.7 Å². The van der Waals surface area contributed by atoms with Gasteiger partial charge in [-0.2, -0.15) is 0 Å². The smallest absolute Gasteiger partial charge is 0.295 e. The Hall–Kier alpha value is -3.78. The summed E-state index contributed by atoms with van der Waals surface area (Å²) in [4.78, 5) is 31.9. The standard InChI is InChI=1S/C25H24ClN3O5/c1-33-18-8-9-20(34-2)19(14-18)22-21(23(30)16-4-6-17(26)7-5-16)24(31)25(32)29(22)12-3-11-28-13-10-27-15-28/h4-10,13-15,22,30H,3,11-12H2,1-2H3. The van der Waals surface area contributed by atoms with Crippen LogP contribution in [0.5, 0.6) is 11.5 Å². The van der Waals surface area contributed by atoms with Gasteiger partial charge in [0, 0.05) is 41.6 Å². The lowest BCUT2D eigenvalue weighted by atomic mass is 9.94. The zero-order chi connectivity index (χ0) is 24.2. The molecule has 0 radical (unpaired) electrons. The molecule has 0 saturated carbocycles. The third kappa shape index (κ3) is 4.49. The van der Waals surface area contributed by atoms with E-state index in [0.29, 0.717) is 40.6 Å². The van der Waals surface area contributed by atoms with E-state index in [2.05, 4.69) is 4.98 Å². The van der Waals surface area contributed by atoms with Crippen LogP contribution >= 0.6 is 11.6 Å². The van der Waals surface area contributed by atoms with E-state index in [1.165, 1.54) is 19.1 Å². The highest BCUT2D eigenvalue weighted by Crippen LogP contribution is 2.44. The van der Waals surface area contributed by atoms with Crippen LogP contribution in [-0.4, -0.2) is 52.0 Å². The van der Waals surface area contributed by atoms with Crippen molar-refractivity contribution in [3.05, 3.63) is 82.9 Å². The van der Waals surface area contributed by atoms with Gasteiger partial charge in [0.25, 0.3) is 11.7 Å². The number of aliphatic hydroxyl groups is 1. The minimum atomic E-state index is -0.858. The maximum atomic E-state index is 13.2. The summed E-state index contributed by atoms with van der Waals surface area (Å²) < 4.78 is 12.8. The van der Waals surface area contributed by atoms with Crippen LogP contribution in [0.4, 0.5) is 0 Å². The van der Waals surface area contributed by atoms with Crippen molar-refractivity contribution >= 4 is 29.1 Å². The lowest BCUT2D eigenvalue weighted by molar-refractivity contribution is -0.140. The van der Waals surface area contributed by atoms with Crippen LogP contribution in [0.25, 0.3) is 5.76 Å². The van der Waals surface area contributed by atoms with Gasteiger partial charge in [-0.1, -0.05) is 11.6 Å². The van der Waals surface area contributed by atoms with Crippen LogP contribution in [0.2, 0.25) is 5.02 Å². The Morgan fingerprint density at radius 2 is 1.85 bits per heavy atom. The van der Waals surface area contributed by atoms with Crippen molar-refractivity contribution in [1.82, 2.24) is 14.5 Å². The lowest BCUT2D eigenvalue weighted by Gasteiger charge is -2.27. The van der Waals surface area contributed by atoms with Crippen LogP contribution in [0, 0.1) is 0 Å². The fourth-order valence-electron chi connectivity index (χ4n) is 4.09. The van der Waals surface area contributed by atoms with Gasteiger partial charge in [0.2, 0.25) is 0 Å². The van der Waals surface area contributed by atoms with Gasteiger partial charge in [-0.25, -0.2) is 4.98 Å². The van der Waals surface area contributed by atoms with Crippen molar-refractivity contribution in [1.29, 1.82) is 0 Å². The maximum absolute atomic E-state index is 13.2. The monoisotopic (exact) mass is 481 g/mol. The number of hydrogen-bond donors (Lipinski definition) is 1. The highest BCUT2D eigenvalue weighted by atomic mass is 35.5. The number of benzene rings is 2. The zero-order valence-corrected chi connectivity index (χ0v) is 19.5. The van der Waals surface area contributed by atoms with Crippen LogP contribution < -0.4 is 9.47 Å². The minimum Gasteiger partial charge on any atom is -0.507 e. The Morgan fingerprint density at radius 1 is 1.09 bits per heavy atom. The van der Waals surface area contributed by atoms with E-state index in [0.717, 1.165) is 0 Å². The number of amides is 1. The molecule has 3 aromatic rings. The second kappa shape index (κ2) is 10.0. The summed E-state index contributed by atoms with van der Waals surface area (Å²) in [6, 6.07) is 10.7. The molecule has 0 aliphatic carbocycles. The molecule has 1 N–H and O–H groups in total. The number of nitrogens with zero attached hydrogens (tertiary/aromatic N) is 3. The Balaban J connectivity index is 1.81. The fraction of sp³-hybridized carbons (Fsp3) is 0.240. The number of ketones is 1. The fourth-order valence-corrected chi connectivity index (χ4v) is 4.22. The van der Waals surface area contributed by atoms with Gasteiger partial charge in [-0.05, 0) is 48.9 Å². The molecule has 1 amide bonds. The average Bonchev–Trinajstić information content (AvgIpc) is 3.46.